The third-order valence-electron chi connectivity index (χ3n) is 5.42. The Morgan fingerprint density at radius 3 is 2.10 bits per heavy atom. The summed E-state index contributed by atoms with van der Waals surface area (Å²) < 4.78 is 0. The molecule has 0 spiro atoms. The zero-order valence-corrected chi connectivity index (χ0v) is 17.6. The van der Waals surface area contributed by atoms with Crippen molar-refractivity contribution in [2.45, 2.75) is 31.8 Å². The van der Waals surface area contributed by atoms with Crippen LogP contribution in [-0.2, 0) is 12.1 Å². The van der Waals surface area contributed by atoms with Gasteiger partial charge in [0.05, 0.1) is 0 Å². The molecule has 148 valence electrons. The Balaban J connectivity index is 1.66. The normalized spacial score (nSPS) is 18.7. The van der Waals surface area contributed by atoms with Crippen molar-refractivity contribution in [3.8, 4) is 11.1 Å². The molecular weight excluding hydrogens is 374 g/mol. The predicted octanol–water partition coefficient (Wildman–Crippen LogP) is 5.24. The molecule has 3 nitrogen and oxygen atoms in total. The van der Waals surface area contributed by atoms with Gasteiger partial charge in [-0.25, -0.2) is 5.43 Å². The third kappa shape index (κ3) is 4.34. The molecule has 1 saturated heterocycles. The van der Waals surface area contributed by atoms with Gasteiger partial charge in [-0.15, -0.1) is 0 Å². The van der Waals surface area contributed by atoms with E-state index in [0.717, 1.165) is 30.9 Å². The van der Waals surface area contributed by atoms with Crippen molar-refractivity contribution >= 4 is 17.3 Å². The van der Waals surface area contributed by atoms with Gasteiger partial charge in [0, 0.05) is 13.0 Å². The summed E-state index contributed by atoms with van der Waals surface area (Å²) in [4.78, 5) is 0. The highest BCUT2D eigenvalue weighted by Gasteiger charge is 2.41. The number of hydrogen-bond donors (Lipinski definition) is 2. The zero-order valence-electron chi connectivity index (χ0n) is 16.8. The molecule has 1 aliphatic heterocycles. The van der Waals surface area contributed by atoms with E-state index in [4.69, 9.17) is 12.2 Å². The van der Waals surface area contributed by atoms with Gasteiger partial charge in [-0.2, -0.15) is 0 Å². The topological polar surface area (TPSA) is 27.3 Å². The van der Waals surface area contributed by atoms with Crippen molar-refractivity contribution in [3.05, 3.63) is 96.1 Å². The summed E-state index contributed by atoms with van der Waals surface area (Å²) in [6, 6.07) is 29.8. The minimum Gasteiger partial charge on any atom is -0.338 e. The van der Waals surface area contributed by atoms with Gasteiger partial charge in [0.25, 0.3) is 0 Å². The molecule has 0 aliphatic carbocycles. The van der Waals surface area contributed by atoms with E-state index >= 15 is 0 Å². The summed E-state index contributed by atoms with van der Waals surface area (Å²) in [5.74, 6) is 0. The van der Waals surface area contributed by atoms with Crippen LogP contribution in [0, 0.1) is 0 Å². The first kappa shape index (κ1) is 19.6. The van der Waals surface area contributed by atoms with Crippen LogP contribution in [-0.4, -0.2) is 16.7 Å². The highest BCUT2D eigenvalue weighted by Crippen LogP contribution is 2.30. The molecule has 0 saturated carbocycles. The monoisotopic (exact) mass is 401 g/mol. The average molecular weight is 402 g/mol. The summed E-state index contributed by atoms with van der Waals surface area (Å²) in [6.07, 6.45) is 3.04. The van der Waals surface area contributed by atoms with E-state index in [1.165, 1.54) is 22.3 Å². The molecule has 0 amide bonds. The maximum Gasteiger partial charge on any atom is 0.185 e. The molecule has 0 aromatic heterocycles. The maximum absolute atomic E-state index is 5.67. The second-order valence-corrected chi connectivity index (χ2v) is 7.94. The van der Waals surface area contributed by atoms with Crippen molar-refractivity contribution in [2.24, 2.45) is 0 Å². The van der Waals surface area contributed by atoms with Gasteiger partial charge in [0.2, 0.25) is 0 Å². The lowest BCUT2D eigenvalue weighted by molar-refractivity contribution is 0.214. The van der Waals surface area contributed by atoms with Gasteiger partial charge in [-0.05, 0) is 40.9 Å². The highest BCUT2D eigenvalue weighted by molar-refractivity contribution is 7.80. The van der Waals surface area contributed by atoms with Crippen LogP contribution in [0.4, 0.5) is 0 Å². The SMILES string of the molecule is CCCCN1NC(Cc2ccccc2)(c2ccc(-c3ccccc3)cc2)NC1=S. The van der Waals surface area contributed by atoms with Gasteiger partial charge in [0.1, 0.15) is 5.66 Å². The van der Waals surface area contributed by atoms with Gasteiger partial charge in [0.15, 0.2) is 5.11 Å². The van der Waals surface area contributed by atoms with Gasteiger partial charge < -0.3 is 5.32 Å². The fourth-order valence-electron chi connectivity index (χ4n) is 3.84. The first-order chi connectivity index (χ1) is 14.2. The zero-order chi connectivity index (χ0) is 20.1. The van der Waals surface area contributed by atoms with E-state index in [1.54, 1.807) is 0 Å². The third-order valence-corrected chi connectivity index (χ3v) is 5.75. The Labute approximate surface area is 178 Å². The van der Waals surface area contributed by atoms with Crippen molar-refractivity contribution in [3.63, 3.8) is 0 Å². The number of nitrogens with zero attached hydrogens (tertiary/aromatic N) is 1. The van der Waals surface area contributed by atoms with Gasteiger partial charge in [-0.1, -0.05) is 98.3 Å². The number of hydrazine groups is 1. The fourth-order valence-corrected chi connectivity index (χ4v) is 4.15. The van der Waals surface area contributed by atoms with Crippen molar-refractivity contribution in [2.75, 3.05) is 6.54 Å². The average Bonchev–Trinajstić information content (AvgIpc) is 3.09. The predicted molar refractivity (Wildman–Crippen MR) is 124 cm³/mol. The Hall–Kier alpha value is -2.69. The highest BCUT2D eigenvalue weighted by atomic mass is 32.1. The summed E-state index contributed by atoms with van der Waals surface area (Å²) in [7, 11) is 0. The lowest BCUT2D eigenvalue weighted by Crippen LogP contribution is -2.50. The van der Waals surface area contributed by atoms with Crippen LogP contribution in [0.15, 0.2) is 84.9 Å². The molecule has 1 aliphatic rings. The van der Waals surface area contributed by atoms with E-state index in [0.29, 0.717) is 0 Å². The summed E-state index contributed by atoms with van der Waals surface area (Å²) in [5.41, 5.74) is 8.14. The molecule has 0 bridgehead atoms. The standard InChI is InChI=1S/C25H27N3S/c1-2-3-18-28-24(29)26-25(27-28,19-20-10-6-4-7-11-20)23-16-14-22(15-17-23)21-12-8-5-9-13-21/h4-17,27H,2-3,18-19H2,1H3,(H,26,29). The summed E-state index contributed by atoms with van der Waals surface area (Å²) in [5, 5.41) is 6.45. The smallest absolute Gasteiger partial charge is 0.185 e. The first-order valence-corrected chi connectivity index (χ1v) is 10.7. The van der Waals surface area contributed by atoms with Gasteiger partial charge >= 0.3 is 0 Å². The van der Waals surface area contributed by atoms with E-state index in [9.17, 15) is 0 Å². The van der Waals surface area contributed by atoms with E-state index in [1.807, 2.05) is 6.07 Å². The largest absolute Gasteiger partial charge is 0.338 e. The molecule has 4 heteroatoms. The Bertz CT molecular complexity index is 941. The van der Waals surface area contributed by atoms with Crippen LogP contribution in [0.2, 0.25) is 0 Å². The minimum absolute atomic E-state index is 0.443. The summed E-state index contributed by atoms with van der Waals surface area (Å²) in [6.45, 7) is 3.10. The molecule has 3 aromatic carbocycles. The Kier molecular flexibility index (Phi) is 5.93. The number of thiocarbonyl (C=S) groups is 1. The maximum atomic E-state index is 5.67. The second-order valence-electron chi connectivity index (χ2n) is 7.56. The molecule has 0 radical (unpaired) electrons. The Morgan fingerprint density at radius 2 is 1.45 bits per heavy atom. The van der Waals surface area contributed by atoms with Crippen molar-refractivity contribution in [1.82, 2.24) is 15.8 Å². The molecule has 3 aromatic rings. The first-order valence-electron chi connectivity index (χ1n) is 10.3. The Morgan fingerprint density at radius 1 is 0.828 bits per heavy atom. The lowest BCUT2D eigenvalue weighted by atomic mass is 9.91. The van der Waals surface area contributed by atoms with Gasteiger partial charge in [-0.3, -0.25) is 5.01 Å². The van der Waals surface area contributed by atoms with Crippen LogP contribution in [0.5, 0.6) is 0 Å². The molecule has 2 N–H and O–H groups in total. The van der Waals surface area contributed by atoms with Crippen molar-refractivity contribution in [1.29, 1.82) is 0 Å². The number of unbranched alkanes of at least 4 members (excludes halogenated alkanes) is 1. The van der Waals surface area contributed by atoms with Crippen molar-refractivity contribution < 1.29 is 0 Å². The van der Waals surface area contributed by atoms with E-state index in [-0.39, 0.29) is 0 Å². The van der Waals surface area contributed by atoms with E-state index in [2.05, 4.69) is 102 Å². The molecule has 1 fully saturated rings. The minimum atomic E-state index is -0.443. The molecule has 1 unspecified atom stereocenters. The molecule has 1 heterocycles. The van der Waals surface area contributed by atoms with Crippen LogP contribution in [0.25, 0.3) is 11.1 Å². The van der Waals surface area contributed by atoms with Crippen LogP contribution in [0.1, 0.15) is 30.9 Å². The number of nitrogens with one attached hydrogen (secondary N) is 2. The van der Waals surface area contributed by atoms with Crippen LogP contribution < -0.4 is 10.7 Å². The van der Waals surface area contributed by atoms with Crippen LogP contribution in [0.3, 0.4) is 0 Å². The molecule has 29 heavy (non-hydrogen) atoms. The molecule has 1 atom stereocenters. The second kappa shape index (κ2) is 8.76. The quantitative estimate of drug-likeness (QED) is 0.529. The number of hydrogen-bond acceptors (Lipinski definition) is 2. The fraction of sp³-hybridized carbons (Fsp3) is 0.240. The molecule has 4 rings (SSSR count). The van der Waals surface area contributed by atoms with E-state index < -0.39 is 5.66 Å². The number of rotatable bonds is 7. The molecular formula is C25H27N3S. The lowest BCUT2D eigenvalue weighted by Gasteiger charge is -2.31. The summed E-state index contributed by atoms with van der Waals surface area (Å²) >= 11 is 5.67. The van der Waals surface area contributed by atoms with Crippen LogP contribution >= 0.6 is 12.2 Å². The number of benzene rings is 3.